The number of sulfonamides is 1. The maximum absolute atomic E-state index is 12.1. The van der Waals surface area contributed by atoms with Crippen LogP contribution in [-0.2, 0) is 10.0 Å². The first-order chi connectivity index (χ1) is 8.68. The fraction of sp³-hybridized carbons (Fsp3) is 0.571. The smallest absolute Gasteiger partial charge is 0.242 e. The molecule has 1 rings (SSSR count). The zero-order chi connectivity index (χ0) is 14.7. The van der Waals surface area contributed by atoms with Crippen molar-refractivity contribution in [3.8, 4) is 0 Å². The van der Waals surface area contributed by atoms with E-state index >= 15 is 0 Å². The third-order valence-corrected chi connectivity index (χ3v) is 4.79. The van der Waals surface area contributed by atoms with E-state index in [2.05, 4.69) is 37.7 Å². The first kappa shape index (κ1) is 16.0. The quantitative estimate of drug-likeness (QED) is 0.874. The van der Waals surface area contributed by atoms with Gasteiger partial charge in [0.2, 0.25) is 10.0 Å². The lowest BCUT2D eigenvalue weighted by molar-refractivity contribution is 0.359. The van der Waals surface area contributed by atoms with Crippen LogP contribution in [0.3, 0.4) is 0 Å². The maximum Gasteiger partial charge on any atom is 0.242 e. The molecule has 0 spiro atoms. The van der Waals surface area contributed by atoms with Gasteiger partial charge in [-0.25, -0.2) is 13.1 Å². The summed E-state index contributed by atoms with van der Waals surface area (Å²) in [5, 5.41) is 3.30. The summed E-state index contributed by atoms with van der Waals surface area (Å²) in [7, 11) is -3.44. The van der Waals surface area contributed by atoms with Gasteiger partial charge in [0.05, 0.1) is 5.69 Å². The molecule has 0 aliphatic carbocycles. The number of benzene rings is 1. The van der Waals surface area contributed by atoms with Gasteiger partial charge in [0.25, 0.3) is 0 Å². The Bertz CT molecular complexity index is 518. The number of hydrogen-bond acceptors (Lipinski definition) is 3. The minimum atomic E-state index is -3.44. The summed E-state index contributed by atoms with van der Waals surface area (Å²) in [6, 6.07) is 7.15. The number of hydrogen-bond donors (Lipinski definition) is 2. The molecule has 2 N–H and O–H groups in total. The van der Waals surface area contributed by atoms with Crippen LogP contribution in [0, 0.1) is 5.41 Å². The predicted molar refractivity (Wildman–Crippen MR) is 79.8 cm³/mol. The molecule has 0 aliphatic heterocycles. The van der Waals surface area contributed by atoms with E-state index in [-0.39, 0.29) is 11.5 Å². The standard InChI is InChI=1S/C14H24N2O2S/c1-6-15-19(17,18)13-10-8-7-9-12(13)16-11(2)14(3,4)5/h7-11,15-16H,6H2,1-5H3. The number of rotatable bonds is 5. The number of para-hydroxylation sites is 1. The van der Waals surface area contributed by atoms with Gasteiger partial charge in [0.1, 0.15) is 4.90 Å². The van der Waals surface area contributed by atoms with Gasteiger partial charge in [-0.1, -0.05) is 39.8 Å². The Kier molecular flexibility index (Phi) is 4.98. The average Bonchev–Trinajstić information content (AvgIpc) is 2.28. The summed E-state index contributed by atoms with van der Waals surface area (Å²) < 4.78 is 26.8. The van der Waals surface area contributed by atoms with Crippen molar-refractivity contribution in [2.45, 2.75) is 45.6 Å². The average molecular weight is 284 g/mol. The van der Waals surface area contributed by atoms with E-state index < -0.39 is 10.0 Å². The van der Waals surface area contributed by atoms with Crippen LogP contribution in [0.15, 0.2) is 29.2 Å². The largest absolute Gasteiger partial charge is 0.381 e. The van der Waals surface area contributed by atoms with Crippen LogP contribution in [0.4, 0.5) is 5.69 Å². The van der Waals surface area contributed by atoms with E-state index in [1.54, 1.807) is 25.1 Å². The van der Waals surface area contributed by atoms with Gasteiger partial charge in [0, 0.05) is 12.6 Å². The Morgan fingerprint density at radius 2 is 1.79 bits per heavy atom. The highest BCUT2D eigenvalue weighted by molar-refractivity contribution is 7.89. The summed E-state index contributed by atoms with van der Waals surface area (Å²) in [6.07, 6.45) is 0. The van der Waals surface area contributed by atoms with Crippen molar-refractivity contribution in [1.29, 1.82) is 0 Å². The highest BCUT2D eigenvalue weighted by atomic mass is 32.2. The molecule has 1 atom stereocenters. The SMILES string of the molecule is CCNS(=O)(=O)c1ccccc1NC(C)C(C)(C)C. The molecule has 0 saturated carbocycles. The van der Waals surface area contributed by atoms with Crippen molar-refractivity contribution < 1.29 is 8.42 Å². The molecule has 0 amide bonds. The highest BCUT2D eigenvalue weighted by Crippen LogP contribution is 2.26. The Morgan fingerprint density at radius 3 is 2.32 bits per heavy atom. The van der Waals surface area contributed by atoms with Crippen molar-refractivity contribution in [2.24, 2.45) is 5.41 Å². The first-order valence-corrected chi connectivity index (χ1v) is 8.02. The highest BCUT2D eigenvalue weighted by Gasteiger charge is 2.23. The van der Waals surface area contributed by atoms with Crippen LogP contribution >= 0.6 is 0 Å². The van der Waals surface area contributed by atoms with Gasteiger partial charge in [-0.05, 0) is 24.5 Å². The monoisotopic (exact) mass is 284 g/mol. The number of anilines is 1. The lowest BCUT2D eigenvalue weighted by atomic mass is 9.88. The third-order valence-electron chi connectivity index (χ3n) is 3.18. The zero-order valence-electron chi connectivity index (χ0n) is 12.3. The molecule has 0 aliphatic rings. The van der Waals surface area contributed by atoms with Crippen molar-refractivity contribution >= 4 is 15.7 Å². The normalized spacial score (nSPS) is 14.2. The molecule has 0 heterocycles. The molecule has 0 radical (unpaired) electrons. The second kappa shape index (κ2) is 5.92. The molecule has 5 heteroatoms. The fourth-order valence-corrected chi connectivity index (χ4v) is 2.75. The fourth-order valence-electron chi connectivity index (χ4n) is 1.54. The van der Waals surface area contributed by atoms with Crippen LogP contribution in [0.25, 0.3) is 0 Å². The second-order valence-corrected chi connectivity index (χ2v) is 7.46. The maximum atomic E-state index is 12.1. The summed E-state index contributed by atoms with van der Waals surface area (Å²) in [5.41, 5.74) is 0.695. The van der Waals surface area contributed by atoms with E-state index in [1.165, 1.54) is 0 Å². The minimum Gasteiger partial charge on any atom is -0.381 e. The molecule has 1 aromatic carbocycles. The van der Waals surface area contributed by atoms with E-state index in [4.69, 9.17) is 0 Å². The van der Waals surface area contributed by atoms with Gasteiger partial charge >= 0.3 is 0 Å². The lowest BCUT2D eigenvalue weighted by Crippen LogP contribution is -2.32. The van der Waals surface area contributed by atoms with E-state index in [1.807, 2.05) is 6.07 Å². The van der Waals surface area contributed by atoms with E-state index in [0.717, 1.165) is 0 Å². The van der Waals surface area contributed by atoms with Gasteiger partial charge in [-0.3, -0.25) is 0 Å². The van der Waals surface area contributed by atoms with Gasteiger partial charge in [0.15, 0.2) is 0 Å². The van der Waals surface area contributed by atoms with Gasteiger partial charge in [-0.15, -0.1) is 0 Å². The van der Waals surface area contributed by atoms with Crippen LogP contribution in [0.2, 0.25) is 0 Å². The molecule has 0 bridgehead atoms. The first-order valence-electron chi connectivity index (χ1n) is 6.53. The van der Waals surface area contributed by atoms with Crippen molar-refractivity contribution in [1.82, 2.24) is 4.72 Å². The topological polar surface area (TPSA) is 58.2 Å². The van der Waals surface area contributed by atoms with Crippen molar-refractivity contribution in [3.05, 3.63) is 24.3 Å². The molecule has 108 valence electrons. The molecular weight excluding hydrogens is 260 g/mol. The van der Waals surface area contributed by atoms with E-state index in [0.29, 0.717) is 17.1 Å². The van der Waals surface area contributed by atoms with Crippen LogP contribution in [0.5, 0.6) is 0 Å². The second-order valence-electron chi connectivity index (χ2n) is 5.73. The Morgan fingerprint density at radius 1 is 1.21 bits per heavy atom. The summed E-state index contributed by atoms with van der Waals surface area (Å²) >= 11 is 0. The van der Waals surface area contributed by atoms with Crippen LogP contribution in [0.1, 0.15) is 34.6 Å². The predicted octanol–water partition coefficient (Wildman–Crippen LogP) is 2.83. The Hall–Kier alpha value is -1.07. The summed E-state index contributed by atoms with van der Waals surface area (Å²) in [5.74, 6) is 0. The van der Waals surface area contributed by atoms with Crippen LogP contribution < -0.4 is 10.0 Å². The zero-order valence-corrected chi connectivity index (χ0v) is 13.1. The third kappa shape index (κ3) is 4.21. The van der Waals surface area contributed by atoms with Crippen LogP contribution in [-0.4, -0.2) is 21.0 Å². The Labute approximate surface area is 116 Å². The summed E-state index contributed by atoms with van der Waals surface area (Å²) in [6.45, 7) is 10.6. The van der Waals surface area contributed by atoms with Crippen molar-refractivity contribution in [3.63, 3.8) is 0 Å². The molecule has 1 aromatic rings. The van der Waals surface area contributed by atoms with E-state index in [9.17, 15) is 8.42 Å². The molecular formula is C14H24N2O2S. The molecule has 1 unspecified atom stereocenters. The number of nitrogens with one attached hydrogen (secondary N) is 2. The summed E-state index contributed by atoms with van der Waals surface area (Å²) in [4.78, 5) is 0.299. The molecule has 0 saturated heterocycles. The Balaban J connectivity index is 3.11. The van der Waals surface area contributed by atoms with Crippen molar-refractivity contribution in [2.75, 3.05) is 11.9 Å². The molecule has 19 heavy (non-hydrogen) atoms. The van der Waals surface area contributed by atoms with Gasteiger partial charge < -0.3 is 5.32 Å². The lowest BCUT2D eigenvalue weighted by Gasteiger charge is -2.29. The molecule has 4 nitrogen and oxygen atoms in total. The molecule has 0 aromatic heterocycles. The molecule has 0 fully saturated rings. The minimum absolute atomic E-state index is 0.0507. The van der Waals surface area contributed by atoms with Gasteiger partial charge in [-0.2, -0.15) is 0 Å².